The van der Waals surface area contributed by atoms with Gasteiger partial charge < -0.3 is 14.8 Å². The van der Waals surface area contributed by atoms with Gasteiger partial charge in [-0.2, -0.15) is 0 Å². The maximum atomic E-state index is 12.4. The van der Waals surface area contributed by atoms with Crippen LogP contribution in [0, 0.1) is 0 Å². The maximum Gasteiger partial charge on any atom is 0.262 e. The summed E-state index contributed by atoms with van der Waals surface area (Å²) in [5.74, 6) is 1.64. The third kappa shape index (κ3) is 6.11. The molecule has 0 heterocycles. The average molecular weight is 389 g/mol. The van der Waals surface area contributed by atoms with Crippen molar-refractivity contribution in [2.45, 2.75) is 32.8 Å². The average Bonchev–Trinajstić information content (AvgIpc) is 2.77. The lowest BCUT2D eigenvalue weighted by atomic mass is 9.98. The van der Waals surface area contributed by atoms with Crippen molar-refractivity contribution in [3.63, 3.8) is 0 Å². The molecule has 0 aliphatic rings. The normalized spacial score (nSPS) is 11.5. The predicted octanol–water partition coefficient (Wildman–Crippen LogP) is 5.80. The van der Waals surface area contributed by atoms with Crippen molar-refractivity contribution in [1.82, 2.24) is 0 Å². The first-order valence-corrected chi connectivity index (χ1v) is 9.94. The number of rotatable bonds is 9. The Balaban J connectivity index is 1.55. The van der Waals surface area contributed by atoms with E-state index in [2.05, 4.69) is 25.2 Å². The van der Waals surface area contributed by atoms with Gasteiger partial charge in [0.15, 0.2) is 6.61 Å². The first kappa shape index (κ1) is 20.5. The molecule has 0 fully saturated rings. The topological polar surface area (TPSA) is 47.6 Å². The minimum atomic E-state index is -0.204. The predicted molar refractivity (Wildman–Crippen MR) is 116 cm³/mol. The highest BCUT2D eigenvalue weighted by Crippen LogP contribution is 2.28. The van der Waals surface area contributed by atoms with Crippen LogP contribution < -0.4 is 14.8 Å². The molecule has 0 aliphatic heterocycles. The van der Waals surface area contributed by atoms with Crippen LogP contribution in [0.4, 0.5) is 5.69 Å². The molecule has 4 nitrogen and oxygen atoms in total. The summed E-state index contributed by atoms with van der Waals surface area (Å²) in [6.07, 6.45) is 1.02. The van der Waals surface area contributed by atoms with Gasteiger partial charge in [-0.15, -0.1) is 0 Å². The van der Waals surface area contributed by atoms with Gasteiger partial charge in [-0.05, 0) is 41.7 Å². The van der Waals surface area contributed by atoms with Crippen molar-refractivity contribution >= 4 is 11.6 Å². The summed E-state index contributed by atoms with van der Waals surface area (Å²) in [5, 5.41) is 2.87. The van der Waals surface area contributed by atoms with Gasteiger partial charge in [-0.3, -0.25) is 4.79 Å². The largest absolute Gasteiger partial charge is 0.489 e. The highest BCUT2D eigenvalue weighted by molar-refractivity contribution is 5.92. The van der Waals surface area contributed by atoms with E-state index >= 15 is 0 Å². The summed E-state index contributed by atoms with van der Waals surface area (Å²) < 4.78 is 11.6. The Morgan fingerprint density at radius 2 is 1.69 bits per heavy atom. The van der Waals surface area contributed by atoms with E-state index in [0.29, 0.717) is 24.0 Å². The first-order valence-electron chi connectivity index (χ1n) is 9.94. The van der Waals surface area contributed by atoms with Gasteiger partial charge in [0.1, 0.15) is 18.1 Å². The highest BCUT2D eigenvalue weighted by atomic mass is 16.5. The van der Waals surface area contributed by atoms with Crippen LogP contribution in [0.25, 0.3) is 0 Å². The summed E-state index contributed by atoms with van der Waals surface area (Å²) in [6.45, 7) is 4.74. The summed E-state index contributed by atoms with van der Waals surface area (Å²) in [5.41, 5.74) is 2.90. The van der Waals surface area contributed by atoms with Gasteiger partial charge in [0.2, 0.25) is 0 Å². The zero-order valence-corrected chi connectivity index (χ0v) is 16.9. The monoisotopic (exact) mass is 389 g/mol. The molecule has 1 unspecified atom stereocenters. The zero-order valence-electron chi connectivity index (χ0n) is 16.9. The number of hydrogen-bond acceptors (Lipinski definition) is 3. The van der Waals surface area contributed by atoms with Crippen LogP contribution in [-0.4, -0.2) is 12.5 Å². The third-order valence-electron chi connectivity index (χ3n) is 4.79. The molecule has 0 bridgehead atoms. The Labute approximate surface area is 172 Å². The van der Waals surface area contributed by atoms with Crippen molar-refractivity contribution < 1.29 is 14.3 Å². The van der Waals surface area contributed by atoms with Crippen LogP contribution in [0.1, 0.15) is 37.3 Å². The fourth-order valence-electron chi connectivity index (χ4n) is 2.98. The van der Waals surface area contributed by atoms with Crippen molar-refractivity contribution in [2.24, 2.45) is 0 Å². The lowest BCUT2D eigenvalue weighted by molar-refractivity contribution is -0.118. The van der Waals surface area contributed by atoms with Crippen molar-refractivity contribution in [3.05, 3.63) is 90.0 Å². The van der Waals surface area contributed by atoms with Crippen LogP contribution in [0.5, 0.6) is 11.5 Å². The van der Waals surface area contributed by atoms with Gasteiger partial charge in [-0.1, -0.05) is 68.4 Å². The fourth-order valence-corrected chi connectivity index (χ4v) is 2.98. The van der Waals surface area contributed by atoms with E-state index in [1.165, 1.54) is 0 Å². The van der Waals surface area contributed by atoms with E-state index < -0.39 is 0 Å². The summed E-state index contributed by atoms with van der Waals surface area (Å²) in [7, 11) is 0. The SMILES string of the molecule is CCC(C)c1ccccc1OCC(=O)Nc1cccc(OCc2ccccc2)c1. The minimum Gasteiger partial charge on any atom is -0.489 e. The van der Waals surface area contributed by atoms with Crippen LogP contribution in [0.3, 0.4) is 0 Å². The molecular formula is C25H27NO3. The van der Waals surface area contributed by atoms with Crippen molar-refractivity contribution in [1.29, 1.82) is 0 Å². The number of anilines is 1. The maximum absolute atomic E-state index is 12.4. The molecule has 1 atom stereocenters. The Hall–Kier alpha value is -3.27. The molecule has 0 aromatic heterocycles. The lowest BCUT2D eigenvalue weighted by Crippen LogP contribution is -2.20. The van der Waals surface area contributed by atoms with Gasteiger partial charge in [-0.25, -0.2) is 0 Å². The second kappa shape index (κ2) is 10.3. The highest BCUT2D eigenvalue weighted by Gasteiger charge is 2.11. The molecule has 3 aromatic rings. The molecule has 29 heavy (non-hydrogen) atoms. The van der Waals surface area contributed by atoms with E-state index in [9.17, 15) is 4.79 Å². The molecule has 3 rings (SSSR count). The second-order valence-electron chi connectivity index (χ2n) is 6.99. The zero-order chi connectivity index (χ0) is 20.5. The molecular weight excluding hydrogens is 362 g/mol. The number of nitrogens with one attached hydrogen (secondary N) is 1. The smallest absolute Gasteiger partial charge is 0.262 e. The van der Waals surface area contributed by atoms with Crippen LogP contribution in [0.2, 0.25) is 0 Å². The quantitative estimate of drug-likeness (QED) is 0.503. The van der Waals surface area contributed by atoms with Gasteiger partial charge in [0.25, 0.3) is 5.91 Å². The molecule has 1 N–H and O–H groups in total. The van der Waals surface area contributed by atoms with Crippen molar-refractivity contribution in [2.75, 3.05) is 11.9 Å². The molecule has 4 heteroatoms. The van der Waals surface area contributed by atoms with Gasteiger partial charge in [0.05, 0.1) is 0 Å². The molecule has 0 aliphatic carbocycles. The molecule has 1 amide bonds. The molecule has 0 saturated heterocycles. The van der Waals surface area contributed by atoms with E-state index in [4.69, 9.17) is 9.47 Å². The number of hydrogen-bond donors (Lipinski definition) is 1. The standard InChI is InChI=1S/C25H27NO3/c1-3-19(2)23-14-7-8-15-24(23)29-18-25(27)26-21-12-9-13-22(16-21)28-17-20-10-5-4-6-11-20/h4-16,19H,3,17-18H2,1-2H3,(H,26,27). The van der Waals surface area contributed by atoms with E-state index in [1.54, 1.807) is 0 Å². The van der Waals surface area contributed by atoms with Crippen LogP contribution in [0.15, 0.2) is 78.9 Å². The number of amides is 1. The summed E-state index contributed by atoms with van der Waals surface area (Å²) >= 11 is 0. The summed E-state index contributed by atoms with van der Waals surface area (Å²) in [4.78, 5) is 12.4. The Bertz CT molecular complexity index is 924. The number of carbonyl (C=O) groups is 1. The Kier molecular flexibility index (Phi) is 7.28. The molecule has 3 aromatic carbocycles. The fraction of sp³-hybridized carbons (Fsp3) is 0.240. The van der Waals surface area contributed by atoms with E-state index in [1.807, 2.05) is 72.8 Å². The summed E-state index contributed by atoms with van der Waals surface area (Å²) in [6, 6.07) is 25.2. The van der Waals surface area contributed by atoms with E-state index in [0.717, 1.165) is 23.3 Å². The molecule has 150 valence electrons. The van der Waals surface area contributed by atoms with Gasteiger partial charge >= 0.3 is 0 Å². The lowest BCUT2D eigenvalue weighted by Gasteiger charge is -2.15. The first-order chi connectivity index (χ1) is 14.2. The number of ether oxygens (including phenoxy) is 2. The number of carbonyl (C=O) groups excluding carboxylic acids is 1. The molecule has 0 saturated carbocycles. The third-order valence-corrected chi connectivity index (χ3v) is 4.79. The Morgan fingerprint density at radius 3 is 2.48 bits per heavy atom. The minimum absolute atomic E-state index is 0.0391. The molecule has 0 radical (unpaired) electrons. The van der Waals surface area contributed by atoms with Crippen LogP contribution in [-0.2, 0) is 11.4 Å². The second-order valence-corrected chi connectivity index (χ2v) is 6.99. The van der Waals surface area contributed by atoms with E-state index in [-0.39, 0.29) is 12.5 Å². The molecule has 0 spiro atoms. The van der Waals surface area contributed by atoms with Crippen LogP contribution >= 0.6 is 0 Å². The number of benzene rings is 3. The van der Waals surface area contributed by atoms with Gasteiger partial charge in [0, 0.05) is 11.8 Å². The van der Waals surface area contributed by atoms with Crippen molar-refractivity contribution in [3.8, 4) is 11.5 Å². The Morgan fingerprint density at radius 1 is 0.931 bits per heavy atom. The number of para-hydroxylation sites is 1.